The lowest BCUT2D eigenvalue weighted by Gasteiger charge is -2.09. The maximum atomic E-state index is 5.91. The van der Waals surface area contributed by atoms with Crippen LogP contribution in [0.25, 0.3) is 20.2 Å². The maximum Gasteiger partial charge on any atom is 0.0474 e. The summed E-state index contributed by atoms with van der Waals surface area (Å²) in [7, 11) is 4.20. The molecule has 1 nitrogen and oxygen atoms in total. The topological polar surface area (TPSA) is 3.24 Å². The number of fused-ring (bicyclic) bond motifs is 3. The molecular weight excluding hydrogens is 274 g/mol. The molecule has 98 valence electrons. The number of rotatable bonds is 3. The standard InChI is InChI=1S/C16H16ClNS/c1-18(2)10-12-4-6-15-14(7-12)13-5-3-11(9-17)8-16(13)19-15/h3-8H,9-10H2,1-2H3. The Hall–Kier alpha value is -1.09. The van der Waals surface area contributed by atoms with E-state index in [4.69, 9.17) is 11.6 Å². The third-order valence-corrected chi connectivity index (χ3v) is 4.70. The van der Waals surface area contributed by atoms with E-state index in [1.54, 1.807) is 0 Å². The predicted octanol–water partition coefficient (Wildman–Crippen LogP) is 4.85. The SMILES string of the molecule is CN(C)Cc1ccc2sc3cc(CCl)ccc3c2c1. The molecule has 0 spiro atoms. The molecule has 0 aliphatic heterocycles. The number of hydrogen-bond acceptors (Lipinski definition) is 2. The van der Waals surface area contributed by atoms with E-state index in [1.165, 1.54) is 31.3 Å². The maximum absolute atomic E-state index is 5.91. The smallest absolute Gasteiger partial charge is 0.0474 e. The molecule has 0 bridgehead atoms. The molecule has 0 radical (unpaired) electrons. The summed E-state index contributed by atoms with van der Waals surface area (Å²) in [6.45, 7) is 0.979. The van der Waals surface area contributed by atoms with Crippen molar-refractivity contribution in [3.05, 3.63) is 47.5 Å². The van der Waals surface area contributed by atoms with Gasteiger partial charge in [-0.05, 0) is 43.4 Å². The summed E-state index contributed by atoms with van der Waals surface area (Å²) in [4.78, 5) is 2.20. The van der Waals surface area contributed by atoms with Gasteiger partial charge in [0.1, 0.15) is 0 Å². The van der Waals surface area contributed by atoms with E-state index in [0.29, 0.717) is 5.88 Å². The second kappa shape index (κ2) is 5.12. The first kappa shape index (κ1) is 12.9. The summed E-state index contributed by atoms with van der Waals surface area (Å²) in [6, 6.07) is 13.3. The van der Waals surface area contributed by atoms with Crippen LogP contribution in [0.15, 0.2) is 36.4 Å². The molecule has 0 atom stereocenters. The van der Waals surface area contributed by atoms with Gasteiger partial charge in [0.15, 0.2) is 0 Å². The highest BCUT2D eigenvalue weighted by Crippen LogP contribution is 2.35. The fraction of sp³-hybridized carbons (Fsp3) is 0.250. The summed E-state index contributed by atoms with van der Waals surface area (Å²) in [5, 5.41) is 2.70. The summed E-state index contributed by atoms with van der Waals surface area (Å²) < 4.78 is 2.68. The van der Waals surface area contributed by atoms with Crippen LogP contribution in [0.4, 0.5) is 0 Å². The van der Waals surface area contributed by atoms with Crippen molar-refractivity contribution in [3.63, 3.8) is 0 Å². The molecule has 1 heterocycles. The minimum Gasteiger partial charge on any atom is -0.305 e. The van der Waals surface area contributed by atoms with E-state index in [9.17, 15) is 0 Å². The van der Waals surface area contributed by atoms with Gasteiger partial charge in [0.2, 0.25) is 0 Å². The average molecular weight is 290 g/mol. The second-order valence-electron chi connectivity index (χ2n) is 5.13. The van der Waals surface area contributed by atoms with Gasteiger partial charge in [0.25, 0.3) is 0 Å². The zero-order chi connectivity index (χ0) is 13.4. The number of alkyl halides is 1. The first-order valence-electron chi connectivity index (χ1n) is 6.32. The number of nitrogens with zero attached hydrogens (tertiary/aromatic N) is 1. The Kier molecular flexibility index (Phi) is 3.48. The van der Waals surface area contributed by atoms with Crippen molar-refractivity contribution in [2.24, 2.45) is 0 Å². The minimum atomic E-state index is 0.579. The minimum absolute atomic E-state index is 0.579. The Morgan fingerprint density at radius 3 is 2.47 bits per heavy atom. The van der Waals surface area contributed by atoms with E-state index in [1.807, 2.05) is 11.3 Å². The summed E-state index contributed by atoms with van der Waals surface area (Å²) >= 11 is 7.75. The molecule has 19 heavy (non-hydrogen) atoms. The quantitative estimate of drug-likeness (QED) is 0.623. The van der Waals surface area contributed by atoms with Crippen LogP contribution >= 0.6 is 22.9 Å². The predicted molar refractivity (Wildman–Crippen MR) is 86.3 cm³/mol. The van der Waals surface area contributed by atoms with Crippen molar-refractivity contribution in [1.82, 2.24) is 4.90 Å². The van der Waals surface area contributed by atoms with Crippen molar-refractivity contribution < 1.29 is 0 Å². The van der Waals surface area contributed by atoms with Crippen LogP contribution in [0.2, 0.25) is 0 Å². The van der Waals surface area contributed by atoms with Gasteiger partial charge in [0, 0.05) is 32.6 Å². The van der Waals surface area contributed by atoms with Gasteiger partial charge in [-0.3, -0.25) is 0 Å². The Morgan fingerprint density at radius 1 is 0.947 bits per heavy atom. The third kappa shape index (κ3) is 2.48. The van der Waals surface area contributed by atoms with Gasteiger partial charge in [-0.1, -0.05) is 18.2 Å². The number of halogens is 1. The van der Waals surface area contributed by atoms with Crippen LogP contribution < -0.4 is 0 Å². The largest absolute Gasteiger partial charge is 0.305 e. The molecule has 1 aromatic heterocycles. The molecule has 0 unspecified atom stereocenters. The Balaban J connectivity index is 2.18. The highest BCUT2D eigenvalue weighted by molar-refractivity contribution is 7.25. The highest BCUT2D eigenvalue weighted by Gasteiger charge is 2.07. The molecule has 0 N–H and O–H groups in total. The second-order valence-corrected chi connectivity index (χ2v) is 6.49. The summed E-state index contributed by atoms with van der Waals surface area (Å²) in [6.07, 6.45) is 0. The number of hydrogen-bond donors (Lipinski definition) is 0. The van der Waals surface area contributed by atoms with Crippen LogP contribution in [-0.4, -0.2) is 19.0 Å². The lowest BCUT2D eigenvalue weighted by Crippen LogP contribution is -2.10. The zero-order valence-electron chi connectivity index (χ0n) is 11.1. The van der Waals surface area contributed by atoms with E-state index in [2.05, 4.69) is 55.4 Å². The molecule has 0 aliphatic rings. The monoisotopic (exact) mass is 289 g/mol. The van der Waals surface area contributed by atoms with Gasteiger partial charge < -0.3 is 4.90 Å². The van der Waals surface area contributed by atoms with Crippen molar-refractivity contribution in [3.8, 4) is 0 Å². The fourth-order valence-electron chi connectivity index (χ4n) is 2.42. The van der Waals surface area contributed by atoms with E-state index in [0.717, 1.165) is 6.54 Å². The zero-order valence-corrected chi connectivity index (χ0v) is 12.7. The van der Waals surface area contributed by atoms with Crippen molar-refractivity contribution in [2.75, 3.05) is 14.1 Å². The highest BCUT2D eigenvalue weighted by atomic mass is 35.5. The van der Waals surface area contributed by atoms with Crippen LogP contribution in [0.1, 0.15) is 11.1 Å². The molecule has 0 aliphatic carbocycles. The van der Waals surface area contributed by atoms with Crippen molar-refractivity contribution in [1.29, 1.82) is 0 Å². The van der Waals surface area contributed by atoms with Crippen molar-refractivity contribution in [2.45, 2.75) is 12.4 Å². The first-order valence-corrected chi connectivity index (χ1v) is 7.67. The van der Waals surface area contributed by atoms with Gasteiger partial charge in [-0.2, -0.15) is 0 Å². The van der Waals surface area contributed by atoms with Crippen molar-refractivity contribution >= 4 is 43.1 Å². The molecule has 0 amide bonds. The molecular formula is C16H16ClNS. The molecule has 3 aromatic rings. The number of benzene rings is 2. The molecule has 3 rings (SSSR count). The Labute approximate surface area is 122 Å². The molecule has 0 saturated heterocycles. The van der Waals surface area contributed by atoms with Crippen LogP contribution in [0, 0.1) is 0 Å². The van der Waals surface area contributed by atoms with E-state index in [-0.39, 0.29) is 0 Å². The Bertz CT molecular complexity index is 730. The molecule has 3 heteroatoms. The molecule has 0 saturated carbocycles. The fourth-order valence-corrected chi connectivity index (χ4v) is 3.73. The molecule has 0 fully saturated rings. The summed E-state index contributed by atoms with van der Waals surface area (Å²) in [5.41, 5.74) is 2.55. The van der Waals surface area contributed by atoms with Gasteiger partial charge >= 0.3 is 0 Å². The van der Waals surface area contributed by atoms with Gasteiger partial charge in [-0.25, -0.2) is 0 Å². The lowest BCUT2D eigenvalue weighted by atomic mass is 10.1. The van der Waals surface area contributed by atoms with E-state index < -0.39 is 0 Å². The van der Waals surface area contributed by atoms with Gasteiger partial charge in [0.05, 0.1) is 0 Å². The summed E-state index contributed by atoms with van der Waals surface area (Å²) in [5.74, 6) is 0.579. The number of thiophene rings is 1. The van der Waals surface area contributed by atoms with E-state index >= 15 is 0 Å². The lowest BCUT2D eigenvalue weighted by molar-refractivity contribution is 0.403. The normalized spacial score (nSPS) is 11.8. The first-order chi connectivity index (χ1) is 9.17. The third-order valence-electron chi connectivity index (χ3n) is 3.25. The molecule has 2 aromatic carbocycles. The average Bonchev–Trinajstić information content (AvgIpc) is 2.75. The van der Waals surface area contributed by atoms with Crippen LogP contribution in [0.5, 0.6) is 0 Å². The Morgan fingerprint density at radius 2 is 1.74 bits per heavy atom. The van der Waals surface area contributed by atoms with Crippen LogP contribution in [0.3, 0.4) is 0 Å². The van der Waals surface area contributed by atoms with Crippen LogP contribution in [-0.2, 0) is 12.4 Å². The van der Waals surface area contributed by atoms with Gasteiger partial charge in [-0.15, -0.1) is 22.9 Å².